The van der Waals surface area contributed by atoms with Crippen LogP contribution in [-0.2, 0) is 4.79 Å². The van der Waals surface area contributed by atoms with Crippen molar-refractivity contribution in [3.8, 4) is 5.75 Å². The normalized spacial score (nSPS) is 18.1. The molecule has 1 heterocycles. The molecule has 6 heteroatoms. The topological polar surface area (TPSA) is 29.5 Å². The molecule has 3 nitrogen and oxygen atoms in total. The van der Waals surface area contributed by atoms with Gasteiger partial charge in [0.25, 0.3) is 6.43 Å². The molecule has 1 amide bonds. The Labute approximate surface area is 142 Å². The maximum absolute atomic E-state index is 12.8. The molecule has 1 aromatic carbocycles. The fraction of sp³-hybridized carbons (Fsp3) is 0.353. The number of hydrogen-bond acceptors (Lipinski definition) is 2. The Balaban J connectivity index is 2.34. The zero-order chi connectivity index (χ0) is 17.0. The van der Waals surface area contributed by atoms with Gasteiger partial charge >= 0.3 is 0 Å². The molecule has 0 saturated carbocycles. The molecule has 1 atom stereocenters. The average Bonchev–Trinajstić information content (AvgIpc) is 2.50. The fourth-order valence-corrected chi connectivity index (χ4v) is 2.90. The standard InChI is InChI=1S/C17H18BrF2NO2/c1-3-8-23-12-4-5-13(11(2)9-12)15-7-6-14(18)17(22)21(15)10-16(19)20/h3-5,7,9,14,16H,1,6,8,10H2,2H3. The summed E-state index contributed by atoms with van der Waals surface area (Å²) in [5, 5.41) is 0. The van der Waals surface area contributed by atoms with E-state index in [1.165, 1.54) is 0 Å². The van der Waals surface area contributed by atoms with Crippen molar-refractivity contribution in [3.05, 3.63) is 48.1 Å². The van der Waals surface area contributed by atoms with Crippen LogP contribution in [0.25, 0.3) is 5.70 Å². The molecule has 2 rings (SSSR count). The van der Waals surface area contributed by atoms with E-state index in [-0.39, 0.29) is 5.91 Å². The highest BCUT2D eigenvalue weighted by molar-refractivity contribution is 9.10. The molecule has 0 bridgehead atoms. The lowest BCUT2D eigenvalue weighted by molar-refractivity contribution is -0.129. The van der Waals surface area contributed by atoms with Gasteiger partial charge in [-0.15, -0.1) is 0 Å². The second kappa shape index (κ2) is 7.73. The summed E-state index contributed by atoms with van der Waals surface area (Å²) in [4.78, 5) is 12.9. The predicted molar refractivity (Wildman–Crippen MR) is 89.9 cm³/mol. The number of alkyl halides is 3. The molecular weight excluding hydrogens is 368 g/mol. The quantitative estimate of drug-likeness (QED) is 0.543. The minimum absolute atomic E-state index is 0.339. The Hall–Kier alpha value is -1.69. The van der Waals surface area contributed by atoms with Crippen molar-refractivity contribution in [2.75, 3.05) is 13.2 Å². The lowest BCUT2D eigenvalue weighted by Gasteiger charge is -2.32. The van der Waals surface area contributed by atoms with Crippen LogP contribution in [0.2, 0.25) is 0 Å². The van der Waals surface area contributed by atoms with Crippen LogP contribution in [0.4, 0.5) is 8.78 Å². The minimum Gasteiger partial charge on any atom is -0.490 e. The van der Waals surface area contributed by atoms with Crippen LogP contribution < -0.4 is 4.74 Å². The summed E-state index contributed by atoms with van der Waals surface area (Å²) >= 11 is 3.23. The van der Waals surface area contributed by atoms with Crippen molar-refractivity contribution in [3.63, 3.8) is 0 Å². The number of halogens is 3. The van der Waals surface area contributed by atoms with Crippen LogP contribution in [0, 0.1) is 6.92 Å². The largest absolute Gasteiger partial charge is 0.490 e. The number of hydrogen-bond donors (Lipinski definition) is 0. The van der Waals surface area contributed by atoms with E-state index >= 15 is 0 Å². The third-order valence-corrected chi connectivity index (χ3v) is 4.27. The predicted octanol–water partition coefficient (Wildman–Crippen LogP) is 4.16. The number of carbonyl (C=O) groups is 1. The summed E-state index contributed by atoms with van der Waals surface area (Å²) in [6.07, 6.45) is 1.35. The number of aryl methyl sites for hydroxylation is 1. The van der Waals surface area contributed by atoms with E-state index in [0.717, 1.165) is 16.0 Å². The van der Waals surface area contributed by atoms with Gasteiger partial charge in [-0.25, -0.2) is 8.78 Å². The Morgan fingerprint density at radius 3 is 2.87 bits per heavy atom. The van der Waals surface area contributed by atoms with E-state index in [9.17, 15) is 13.6 Å². The summed E-state index contributed by atoms with van der Waals surface area (Å²) in [6.45, 7) is 5.23. The average molecular weight is 386 g/mol. The summed E-state index contributed by atoms with van der Waals surface area (Å²) in [5.74, 6) is 0.335. The lowest BCUT2D eigenvalue weighted by Crippen LogP contribution is -2.41. The zero-order valence-electron chi connectivity index (χ0n) is 12.8. The Kier molecular flexibility index (Phi) is 5.93. The van der Waals surface area contributed by atoms with E-state index in [0.29, 0.717) is 24.5 Å². The van der Waals surface area contributed by atoms with E-state index < -0.39 is 17.8 Å². The molecule has 124 valence electrons. The van der Waals surface area contributed by atoms with Gasteiger partial charge < -0.3 is 9.64 Å². The molecule has 0 saturated heterocycles. The van der Waals surface area contributed by atoms with Crippen LogP contribution in [0.1, 0.15) is 17.5 Å². The van der Waals surface area contributed by atoms with E-state index in [1.54, 1.807) is 18.2 Å². The van der Waals surface area contributed by atoms with E-state index in [4.69, 9.17) is 4.74 Å². The molecule has 1 aromatic rings. The molecule has 0 spiro atoms. The maximum Gasteiger partial charge on any atom is 0.256 e. The number of nitrogens with zero attached hydrogens (tertiary/aromatic N) is 1. The maximum atomic E-state index is 12.8. The SMILES string of the molecule is C=CCOc1ccc(C2=CCC(Br)C(=O)N2CC(F)F)c(C)c1. The van der Waals surface area contributed by atoms with Gasteiger partial charge in [0.15, 0.2) is 0 Å². The van der Waals surface area contributed by atoms with Crippen LogP contribution in [0.15, 0.2) is 36.9 Å². The van der Waals surface area contributed by atoms with Gasteiger partial charge in [-0.2, -0.15) is 0 Å². The Morgan fingerprint density at radius 1 is 1.52 bits per heavy atom. The molecular formula is C17H18BrF2NO2. The van der Waals surface area contributed by atoms with Gasteiger partial charge in [-0.05, 0) is 37.1 Å². The minimum atomic E-state index is -2.59. The molecule has 0 aromatic heterocycles. The molecule has 23 heavy (non-hydrogen) atoms. The first-order chi connectivity index (χ1) is 10.9. The fourth-order valence-electron chi connectivity index (χ4n) is 2.46. The summed E-state index contributed by atoms with van der Waals surface area (Å²) in [6, 6.07) is 5.38. The number of benzene rings is 1. The molecule has 0 fully saturated rings. The van der Waals surface area contributed by atoms with E-state index in [1.807, 2.05) is 19.1 Å². The first kappa shape index (κ1) is 17.7. The van der Waals surface area contributed by atoms with Crippen LogP contribution >= 0.6 is 15.9 Å². The lowest BCUT2D eigenvalue weighted by atomic mass is 10.00. The number of ether oxygens (including phenoxy) is 1. The van der Waals surface area contributed by atoms with Crippen LogP contribution in [-0.4, -0.2) is 35.2 Å². The first-order valence-electron chi connectivity index (χ1n) is 7.22. The van der Waals surface area contributed by atoms with Crippen LogP contribution in [0.5, 0.6) is 5.75 Å². The summed E-state index contributed by atoms with van der Waals surface area (Å²) in [5.41, 5.74) is 2.14. The van der Waals surface area contributed by atoms with Gasteiger partial charge in [-0.1, -0.05) is 34.7 Å². The molecule has 0 aliphatic carbocycles. The smallest absolute Gasteiger partial charge is 0.256 e. The second-order valence-corrected chi connectivity index (χ2v) is 6.31. The third-order valence-electron chi connectivity index (χ3n) is 3.51. The summed E-state index contributed by atoms with van der Waals surface area (Å²) in [7, 11) is 0. The van der Waals surface area contributed by atoms with Gasteiger partial charge in [0.1, 0.15) is 12.4 Å². The van der Waals surface area contributed by atoms with Crippen molar-refractivity contribution in [2.24, 2.45) is 0 Å². The summed E-state index contributed by atoms with van der Waals surface area (Å²) < 4.78 is 31.2. The molecule has 1 unspecified atom stereocenters. The molecule has 1 aliphatic rings. The Bertz CT molecular complexity index is 631. The first-order valence-corrected chi connectivity index (χ1v) is 8.14. The highest BCUT2D eigenvalue weighted by Crippen LogP contribution is 2.32. The van der Waals surface area contributed by atoms with Gasteiger partial charge in [0.2, 0.25) is 5.91 Å². The molecule has 0 radical (unpaired) electrons. The van der Waals surface area contributed by atoms with Gasteiger partial charge in [0.05, 0.1) is 11.4 Å². The number of rotatable bonds is 6. The van der Waals surface area contributed by atoms with Crippen molar-refractivity contribution in [1.29, 1.82) is 0 Å². The monoisotopic (exact) mass is 385 g/mol. The van der Waals surface area contributed by atoms with Crippen LogP contribution in [0.3, 0.4) is 0 Å². The number of carbonyl (C=O) groups excluding carboxylic acids is 1. The number of amides is 1. The second-order valence-electron chi connectivity index (χ2n) is 5.21. The van der Waals surface area contributed by atoms with Gasteiger partial charge in [0, 0.05) is 11.3 Å². The highest BCUT2D eigenvalue weighted by Gasteiger charge is 2.31. The molecule has 0 N–H and O–H groups in total. The van der Waals surface area contributed by atoms with Gasteiger partial charge in [-0.3, -0.25) is 4.79 Å². The van der Waals surface area contributed by atoms with Crippen molar-refractivity contribution in [2.45, 2.75) is 24.6 Å². The van der Waals surface area contributed by atoms with Crippen molar-refractivity contribution >= 4 is 27.5 Å². The molecule has 1 aliphatic heterocycles. The zero-order valence-corrected chi connectivity index (χ0v) is 14.4. The highest BCUT2D eigenvalue weighted by atomic mass is 79.9. The van der Waals surface area contributed by atoms with E-state index in [2.05, 4.69) is 22.5 Å². The van der Waals surface area contributed by atoms with Crippen molar-refractivity contribution in [1.82, 2.24) is 4.90 Å². The Morgan fingerprint density at radius 2 is 2.26 bits per heavy atom. The third kappa shape index (κ3) is 4.19. The van der Waals surface area contributed by atoms with Crippen molar-refractivity contribution < 1.29 is 18.3 Å². The number of allylic oxidation sites excluding steroid dienone is 1.